The minimum atomic E-state index is -0.827. The molecule has 2 N–H and O–H groups in total. The number of carbonyl (C=O) groups is 2. The lowest BCUT2D eigenvalue weighted by molar-refractivity contribution is -0.137. The van der Waals surface area contributed by atoms with E-state index in [1.54, 1.807) is 11.9 Å². The van der Waals surface area contributed by atoms with Crippen molar-refractivity contribution >= 4 is 17.6 Å². The standard InChI is InChI=1S/C20H22N2O3/c1-22-18-9-7-14(11-16(18)8-10-19(22)23)13-21-17(12-20(24)25)15-5-3-2-4-6-15/h2-7,9,11,17,21H,8,10,12-13H2,1H3,(H,24,25). The van der Waals surface area contributed by atoms with Crippen molar-refractivity contribution in [3.8, 4) is 0 Å². The van der Waals surface area contributed by atoms with Crippen LogP contribution >= 0.6 is 0 Å². The lowest BCUT2D eigenvalue weighted by atomic mass is 9.98. The van der Waals surface area contributed by atoms with E-state index in [1.165, 1.54) is 0 Å². The predicted molar refractivity (Wildman–Crippen MR) is 96.4 cm³/mol. The summed E-state index contributed by atoms with van der Waals surface area (Å²) in [7, 11) is 1.80. The molecule has 5 nitrogen and oxygen atoms in total. The third-order valence-corrected chi connectivity index (χ3v) is 4.62. The van der Waals surface area contributed by atoms with E-state index < -0.39 is 5.97 Å². The molecule has 25 heavy (non-hydrogen) atoms. The molecule has 0 aromatic heterocycles. The van der Waals surface area contributed by atoms with Crippen molar-refractivity contribution in [3.63, 3.8) is 0 Å². The van der Waals surface area contributed by atoms with Crippen molar-refractivity contribution in [1.29, 1.82) is 0 Å². The molecule has 1 aliphatic rings. The van der Waals surface area contributed by atoms with E-state index in [4.69, 9.17) is 0 Å². The summed E-state index contributed by atoms with van der Waals surface area (Å²) in [4.78, 5) is 24.7. The number of benzene rings is 2. The molecule has 1 amide bonds. The van der Waals surface area contributed by atoms with Gasteiger partial charge in [-0.3, -0.25) is 9.59 Å². The number of amides is 1. The van der Waals surface area contributed by atoms with E-state index >= 15 is 0 Å². The molecule has 0 aliphatic carbocycles. The molecule has 1 unspecified atom stereocenters. The van der Waals surface area contributed by atoms with E-state index in [9.17, 15) is 14.7 Å². The second-order valence-corrected chi connectivity index (χ2v) is 6.36. The van der Waals surface area contributed by atoms with Gasteiger partial charge in [-0.1, -0.05) is 42.5 Å². The van der Waals surface area contributed by atoms with Gasteiger partial charge in [-0.15, -0.1) is 0 Å². The van der Waals surface area contributed by atoms with Crippen molar-refractivity contribution in [2.24, 2.45) is 0 Å². The zero-order valence-corrected chi connectivity index (χ0v) is 14.2. The third kappa shape index (κ3) is 4.06. The number of nitrogens with one attached hydrogen (secondary N) is 1. The Morgan fingerprint density at radius 3 is 2.68 bits per heavy atom. The summed E-state index contributed by atoms with van der Waals surface area (Å²) in [5.41, 5.74) is 4.18. The summed E-state index contributed by atoms with van der Waals surface area (Å²) in [6.07, 6.45) is 1.32. The van der Waals surface area contributed by atoms with Crippen LogP contribution in [-0.4, -0.2) is 24.0 Å². The average Bonchev–Trinajstić information content (AvgIpc) is 2.62. The maximum atomic E-state index is 11.8. The number of aryl methyl sites for hydroxylation is 1. The van der Waals surface area contributed by atoms with Gasteiger partial charge in [0, 0.05) is 31.7 Å². The Bertz CT molecular complexity index is 774. The molecule has 1 atom stereocenters. The summed E-state index contributed by atoms with van der Waals surface area (Å²) in [6.45, 7) is 0.581. The normalized spacial score (nSPS) is 14.9. The molecule has 2 aromatic carbocycles. The van der Waals surface area contributed by atoms with Crippen LogP contribution < -0.4 is 10.2 Å². The number of nitrogens with zero attached hydrogens (tertiary/aromatic N) is 1. The SMILES string of the molecule is CN1C(=O)CCc2cc(CNC(CC(=O)O)c3ccccc3)ccc21. The number of anilines is 1. The first kappa shape index (κ1) is 17.2. The van der Waals surface area contributed by atoms with Crippen molar-refractivity contribution in [2.45, 2.75) is 31.8 Å². The maximum absolute atomic E-state index is 11.8. The van der Waals surface area contributed by atoms with Crippen molar-refractivity contribution in [2.75, 3.05) is 11.9 Å². The third-order valence-electron chi connectivity index (χ3n) is 4.62. The fourth-order valence-corrected chi connectivity index (χ4v) is 3.23. The topological polar surface area (TPSA) is 69.6 Å². The van der Waals surface area contributed by atoms with Crippen LogP contribution in [0.5, 0.6) is 0 Å². The van der Waals surface area contributed by atoms with Crippen LogP contribution in [0.2, 0.25) is 0 Å². The first-order valence-electron chi connectivity index (χ1n) is 8.43. The molecule has 0 bridgehead atoms. The van der Waals surface area contributed by atoms with Gasteiger partial charge in [0.15, 0.2) is 0 Å². The summed E-state index contributed by atoms with van der Waals surface area (Å²) in [5.74, 6) is -0.684. The molecule has 2 aromatic rings. The number of carboxylic acid groups (broad SMARTS) is 1. The number of fused-ring (bicyclic) bond motifs is 1. The zero-order valence-electron chi connectivity index (χ0n) is 14.2. The molecule has 0 radical (unpaired) electrons. The van der Waals surface area contributed by atoms with Gasteiger partial charge >= 0.3 is 5.97 Å². The monoisotopic (exact) mass is 338 g/mol. The van der Waals surface area contributed by atoms with Crippen molar-refractivity contribution in [3.05, 3.63) is 65.2 Å². The quantitative estimate of drug-likeness (QED) is 0.850. The average molecular weight is 338 g/mol. The number of aliphatic carboxylic acids is 1. The summed E-state index contributed by atoms with van der Waals surface area (Å²) in [5, 5.41) is 12.5. The van der Waals surface area contributed by atoms with Gasteiger partial charge < -0.3 is 15.3 Å². The van der Waals surface area contributed by atoms with Gasteiger partial charge in [-0.05, 0) is 29.2 Å². The Hall–Kier alpha value is -2.66. The molecule has 0 fully saturated rings. The van der Waals surface area contributed by atoms with Crippen molar-refractivity contribution in [1.82, 2.24) is 5.32 Å². The Kier molecular flexibility index (Phi) is 5.14. The van der Waals surface area contributed by atoms with Gasteiger partial charge in [-0.25, -0.2) is 0 Å². The lowest BCUT2D eigenvalue weighted by Gasteiger charge is -2.26. The smallest absolute Gasteiger partial charge is 0.305 e. The van der Waals surface area contributed by atoms with Crippen LogP contribution in [0.15, 0.2) is 48.5 Å². The van der Waals surface area contributed by atoms with Gasteiger partial charge in [-0.2, -0.15) is 0 Å². The molecule has 3 rings (SSSR count). The van der Waals surface area contributed by atoms with E-state index in [2.05, 4.69) is 11.4 Å². The van der Waals surface area contributed by atoms with Crippen LogP contribution in [0.3, 0.4) is 0 Å². The first-order valence-corrected chi connectivity index (χ1v) is 8.43. The number of carboxylic acids is 1. The van der Waals surface area contributed by atoms with E-state index in [0.29, 0.717) is 13.0 Å². The number of hydrogen-bond donors (Lipinski definition) is 2. The fraction of sp³-hybridized carbons (Fsp3) is 0.300. The van der Waals surface area contributed by atoms with Crippen molar-refractivity contribution < 1.29 is 14.7 Å². The van der Waals surface area contributed by atoms with E-state index in [0.717, 1.165) is 28.8 Å². The van der Waals surface area contributed by atoms with Crippen LogP contribution in [0.25, 0.3) is 0 Å². The maximum Gasteiger partial charge on any atom is 0.305 e. The first-order chi connectivity index (χ1) is 12.0. The summed E-state index contributed by atoms with van der Waals surface area (Å²) < 4.78 is 0. The minimum absolute atomic E-state index is 0.0339. The molecule has 130 valence electrons. The molecule has 1 heterocycles. The molecule has 5 heteroatoms. The number of hydrogen-bond acceptors (Lipinski definition) is 3. The largest absolute Gasteiger partial charge is 0.481 e. The lowest BCUT2D eigenvalue weighted by Crippen LogP contribution is -2.31. The highest BCUT2D eigenvalue weighted by atomic mass is 16.4. The molecular weight excluding hydrogens is 316 g/mol. The Balaban J connectivity index is 1.73. The highest BCUT2D eigenvalue weighted by Crippen LogP contribution is 2.28. The minimum Gasteiger partial charge on any atom is -0.481 e. The molecule has 0 spiro atoms. The highest BCUT2D eigenvalue weighted by molar-refractivity contribution is 5.95. The fourth-order valence-electron chi connectivity index (χ4n) is 3.23. The molecule has 0 saturated heterocycles. The molecule has 1 aliphatic heterocycles. The van der Waals surface area contributed by atoms with Gasteiger partial charge in [0.05, 0.1) is 6.42 Å². The second kappa shape index (κ2) is 7.49. The molecule has 0 saturated carbocycles. The van der Waals surface area contributed by atoms with E-state index in [1.807, 2.05) is 42.5 Å². The van der Waals surface area contributed by atoms with Crippen LogP contribution in [0.4, 0.5) is 5.69 Å². The van der Waals surface area contributed by atoms with Crippen LogP contribution in [0, 0.1) is 0 Å². The number of carbonyl (C=O) groups excluding carboxylic acids is 1. The predicted octanol–water partition coefficient (Wildman–Crippen LogP) is 2.90. The Morgan fingerprint density at radius 1 is 1.20 bits per heavy atom. The van der Waals surface area contributed by atoms with E-state index in [-0.39, 0.29) is 18.4 Å². The summed E-state index contributed by atoms with van der Waals surface area (Å²) >= 11 is 0. The molecular formula is C20H22N2O3. The summed E-state index contributed by atoms with van der Waals surface area (Å²) in [6, 6.07) is 15.5. The van der Waals surface area contributed by atoms with Crippen LogP contribution in [0.1, 0.15) is 35.6 Å². The second-order valence-electron chi connectivity index (χ2n) is 6.36. The van der Waals surface area contributed by atoms with Crippen LogP contribution in [-0.2, 0) is 22.6 Å². The van der Waals surface area contributed by atoms with Gasteiger partial charge in [0.2, 0.25) is 5.91 Å². The van der Waals surface area contributed by atoms with Gasteiger partial charge in [0.1, 0.15) is 0 Å². The Morgan fingerprint density at radius 2 is 1.96 bits per heavy atom. The number of rotatable bonds is 6. The Labute approximate surface area is 147 Å². The highest BCUT2D eigenvalue weighted by Gasteiger charge is 2.21. The zero-order chi connectivity index (χ0) is 17.8. The van der Waals surface area contributed by atoms with Gasteiger partial charge in [0.25, 0.3) is 0 Å².